The molecule has 3 aromatic rings. The Morgan fingerprint density at radius 2 is 1.41 bits per heavy atom. The Labute approximate surface area is 130 Å². The van der Waals surface area contributed by atoms with E-state index in [1.807, 2.05) is 18.2 Å². The topological polar surface area (TPSA) is 29.5 Å². The Hall–Kier alpha value is -2.52. The van der Waals surface area contributed by atoms with Crippen LogP contribution in [0.4, 0.5) is 0 Å². The maximum absolute atomic E-state index is 8.95. The second-order valence-corrected chi connectivity index (χ2v) is 5.38. The van der Waals surface area contributed by atoms with E-state index in [0.717, 1.165) is 25.4 Å². The van der Waals surface area contributed by atoms with Gasteiger partial charge in [-0.2, -0.15) is 0 Å². The van der Waals surface area contributed by atoms with E-state index in [-0.39, 0.29) is 0 Å². The van der Waals surface area contributed by atoms with Crippen LogP contribution in [0, 0.1) is 0 Å². The summed E-state index contributed by atoms with van der Waals surface area (Å²) >= 11 is 0. The third-order valence-electron chi connectivity index (χ3n) is 4.22. The largest absolute Gasteiger partial charge is 0.569 e. The minimum absolute atomic E-state index is 0.718. The zero-order chi connectivity index (χ0) is 14.9. The van der Waals surface area contributed by atoms with Crippen LogP contribution < -0.4 is 4.65 Å². The summed E-state index contributed by atoms with van der Waals surface area (Å²) in [5, 5.41) is 8.95. The molecule has 0 aromatic heterocycles. The van der Waals surface area contributed by atoms with E-state index in [1.165, 1.54) is 27.8 Å². The lowest BCUT2D eigenvalue weighted by atomic mass is 9.96. The highest BCUT2D eigenvalue weighted by atomic mass is 16.5. The fourth-order valence-electron chi connectivity index (χ4n) is 3.26. The molecular weight excluding hydrogens is 271 g/mol. The van der Waals surface area contributed by atoms with Crippen molar-refractivity contribution in [3.63, 3.8) is 0 Å². The summed E-state index contributed by atoms with van der Waals surface area (Å²) in [5.74, 6) is 0.718. The molecule has 0 amide bonds. The van der Waals surface area contributed by atoms with Crippen LogP contribution in [-0.2, 0) is 6.42 Å². The molecule has 0 spiro atoms. The Balaban J connectivity index is 1.88. The van der Waals surface area contributed by atoms with Crippen molar-refractivity contribution in [2.45, 2.75) is 6.42 Å². The SMILES string of the molecule is O[B]Oc1cccc2c1Cc1c(-c3ccccc3)cccc1-2. The molecule has 3 aromatic carbocycles. The maximum atomic E-state index is 8.95. The van der Waals surface area contributed by atoms with Crippen LogP contribution >= 0.6 is 0 Å². The van der Waals surface area contributed by atoms with Crippen molar-refractivity contribution in [1.29, 1.82) is 0 Å². The molecule has 0 heterocycles. The van der Waals surface area contributed by atoms with Crippen molar-refractivity contribution in [1.82, 2.24) is 0 Å². The lowest BCUT2D eigenvalue weighted by Gasteiger charge is -2.08. The molecule has 1 aliphatic carbocycles. The fraction of sp³-hybridized carbons (Fsp3) is 0.0526. The molecule has 1 radical (unpaired) electrons. The van der Waals surface area contributed by atoms with Gasteiger partial charge in [0, 0.05) is 12.0 Å². The van der Waals surface area contributed by atoms with Crippen molar-refractivity contribution < 1.29 is 9.68 Å². The summed E-state index contributed by atoms with van der Waals surface area (Å²) in [7, 11) is 0.747. The van der Waals surface area contributed by atoms with E-state index in [0.29, 0.717) is 0 Å². The van der Waals surface area contributed by atoms with Gasteiger partial charge in [0.25, 0.3) is 0 Å². The molecule has 0 atom stereocenters. The first-order valence-corrected chi connectivity index (χ1v) is 7.30. The predicted octanol–water partition coefficient (Wildman–Crippen LogP) is 3.83. The van der Waals surface area contributed by atoms with Crippen LogP contribution in [0.1, 0.15) is 11.1 Å². The number of hydrogen-bond donors (Lipinski definition) is 1. The van der Waals surface area contributed by atoms with Crippen molar-refractivity contribution in [3.8, 4) is 28.0 Å². The zero-order valence-electron chi connectivity index (χ0n) is 12.0. The molecule has 105 valence electrons. The minimum atomic E-state index is 0.718. The van der Waals surface area contributed by atoms with E-state index >= 15 is 0 Å². The fourth-order valence-corrected chi connectivity index (χ4v) is 3.26. The highest BCUT2D eigenvalue weighted by molar-refractivity contribution is 6.17. The van der Waals surface area contributed by atoms with Crippen LogP contribution in [0.15, 0.2) is 66.7 Å². The zero-order valence-corrected chi connectivity index (χ0v) is 12.0. The van der Waals surface area contributed by atoms with Crippen molar-refractivity contribution in [2.24, 2.45) is 0 Å². The average molecular weight is 285 g/mol. The van der Waals surface area contributed by atoms with Gasteiger partial charge in [-0.15, -0.1) is 0 Å². The van der Waals surface area contributed by atoms with Gasteiger partial charge in [0.05, 0.1) is 0 Å². The molecule has 1 N–H and O–H groups in total. The molecule has 3 heteroatoms. The normalized spacial score (nSPS) is 11.7. The summed E-state index contributed by atoms with van der Waals surface area (Å²) in [6, 6.07) is 22.8. The van der Waals surface area contributed by atoms with Crippen LogP contribution in [0.25, 0.3) is 22.3 Å². The molecule has 0 unspecified atom stereocenters. The Morgan fingerprint density at radius 1 is 0.727 bits per heavy atom. The van der Waals surface area contributed by atoms with Gasteiger partial charge in [-0.05, 0) is 33.9 Å². The monoisotopic (exact) mass is 285 g/mol. The first-order chi connectivity index (χ1) is 10.9. The summed E-state index contributed by atoms with van der Waals surface area (Å²) in [6.45, 7) is 0. The van der Waals surface area contributed by atoms with Crippen LogP contribution in [0.5, 0.6) is 5.75 Å². The first kappa shape index (κ1) is 13.2. The Morgan fingerprint density at radius 3 is 2.18 bits per heavy atom. The third kappa shape index (κ3) is 2.02. The van der Waals surface area contributed by atoms with E-state index in [1.54, 1.807) is 0 Å². The molecule has 0 aliphatic heterocycles. The van der Waals surface area contributed by atoms with E-state index in [4.69, 9.17) is 9.68 Å². The second kappa shape index (κ2) is 5.36. The second-order valence-electron chi connectivity index (χ2n) is 5.38. The lowest BCUT2D eigenvalue weighted by molar-refractivity contribution is 0.451. The molecule has 0 bridgehead atoms. The number of hydrogen-bond acceptors (Lipinski definition) is 2. The smallest absolute Gasteiger partial charge is 0.537 e. The summed E-state index contributed by atoms with van der Waals surface area (Å²) < 4.78 is 5.26. The van der Waals surface area contributed by atoms with E-state index < -0.39 is 0 Å². The van der Waals surface area contributed by atoms with E-state index in [9.17, 15) is 0 Å². The molecule has 4 rings (SSSR count). The van der Waals surface area contributed by atoms with Crippen molar-refractivity contribution in [3.05, 3.63) is 77.9 Å². The molecular formula is C19H14BO2. The predicted molar refractivity (Wildman–Crippen MR) is 88.7 cm³/mol. The number of rotatable bonds is 3. The molecule has 2 nitrogen and oxygen atoms in total. The third-order valence-corrected chi connectivity index (χ3v) is 4.22. The van der Waals surface area contributed by atoms with E-state index in [2.05, 4.69) is 48.5 Å². The van der Waals surface area contributed by atoms with Gasteiger partial charge in [-0.3, -0.25) is 0 Å². The molecule has 0 saturated carbocycles. The highest BCUT2D eigenvalue weighted by Crippen LogP contribution is 2.44. The van der Waals surface area contributed by atoms with Gasteiger partial charge in [0.15, 0.2) is 0 Å². The lowest BCUT2D eigenvalue weighted by Crippen LogP contribution is -2.02. The maximum Gasteiger partial charge on any atom is 0.569 e. The summed E-state index contributed by atoms with van der Waals surface area (Å²) in [5.41, 5.74) is 7.37. The highest BCUT2D eigenvalue weighted by Gasteiger charge is 2.24. The number of fused-ring (bicyclic) bond motifs is 3. The Kier molecular flexibility index (Phi) is 3.21. The average Bonchev–Trinajstić information content (AvgIpc) is 2.96. The first-order valence-electron chi connectivity index (χ1n) is 7.30. The van der Waals surface area contributed by atoms with Gasteiger partial charge in [0.2, 0.25) is 0 Å². The van der Waals surface area contributed by atoms with Crippen molar-refractivity contribution in [2.75, 3.05) is 0 Å². The van der Waals surface area contributed by atoms with Crippen LogP contribution in [-0.4, -0.2) is 12.7 Å². The Bertz CT molecular complexity index is 828. The van der Waals surface area contributed by atoms with Crippen molar-refractivity contribution >= 4 is 7.69 Å². The van der Waals surface area contributed by atoms with Gasteiger partial charge in [-0.1, -0.05) is 60.7 Å². The molecule has 0 fully saturated rings. The molecule has 22 heavy (non-hydrogen) atoms. The van der Waals surface area contributed by atoms with Gasteiger partial charge in [0.1, 0.15) is 5.75 Å². The minimum Gasteiger partial charge on any atom is -0.537 e. The molecule has 0 saturated heterocycles. The van der Waals surface area contributed by atoms with Gasteiger partial charge < -0.3 is 9.68 Å². The van der Waals surface area contributed by atoms with Gasteiger partial charge >= 0.3 is 7.69 Å². The van der Waals surface area contributed by atoms with Gasteiger partial charge in [-0.25, -0.2) is 0 Å². The van der Waals surface area contributed by atoms with Crippen LogP contribution in [0.2, 0.25) is 0 Å². The quantitative estimate of drug-likeness (QED) is 0.580. The summed E-state index contributed by atoms with van der Waals surface area (Å²) in [6.07, 6.45) is 0.819. The molecule has 1 aliphatic rings. The standard InChI is InChI=1S/C19H14BO2/c21-20-22-19-11-5-10-16-15-9-4-8-14(17(15)12-18(16)19)13-6-2-1-3-7-13/h1-11,21H,12H2. The number of benzene rings is 3. The summed E-state index contributed by atoms with van der Waals surface area (Å²) in [4.78, 5) is 0. The van der Waals surface area contributed by atoms with Crippen LogP contribution in [0.3, 0.4) is 0 Å².